The molecule has 0 bridgehead atoms. The van der Waals surface area contributed by atoms with Crippen molar-refractivity contribution in [2.75, 3.05) is 26.8 Å². The van der Waals surface area contributed by atoms with Crippen LogP contribution in [0.4, 0.5) is 0 Å². The van der Waals surface area contributed by atoms with E-state index in [9.17, 15) is 0 Å². The molecule has 0 aromatic carbocycles. The van der Waals surface area contributed by atoms with E-state index in [0.717, 1.165) is 18.7 Å². The number of rotatable bonds is 7. The maximum atomic E-state index is 5.32. The molecule has 0 fully saturated rings. The summed E-state index contributed by atoms with van der Waals surface area (Å²) in [5, 5.41) is 9.59. The van der Waals surface area contributed by atoms with Crippen LogP contribution in [0.3, 0.4) is 0 Å². The van der Waals surface area contributed by atoms with Crippen LogP contribution in [-0.4, -0.2) is 47.9 Å². The Labute approximate surface area is 100 Å². The maximum absolute atomic E-state index is 5.32. The number of nitrogens with zero attached hydrogens (tertiary/aromatic N) is 3. The van der Waals surface area contributed by atoms with E-state index in [-0.39, 0.29) is 0 Å². The molecule has 0 aliphatic rings. The summed E-state index contributed by atoms with van der Waals surface area (Å²) in [6.45, 7) is 1.95. The Morgan fingerprint density at radius 3 is 3.18 bits per heavy atom. The van der Waals surface area contributed by atoms with Crippen molar-refractivity contribution in [1.29, 1.82) is 0 Å². The lowest BCUT2D eigenvalue weighted by Gasteiger charge is -2.08. The predicted octanol–water partition coefficient (Wildman–Crippen LogP) is -1.21. The van der Waals surface area contributed by atoms with Crippen molar-refractivity contribution in [1.82, 2.24) is 25.9 Å². The molecular weight excluding hydrogens is 222 g/mol. The van der Waals surface area contributed by atoms with Crippen molar-refractivity contribution in [3.05, 3.63) is 12.2 Å². The van der Waals surface area contributed by atoms with E-state index in [0.29, 0.717) is 25.7 Å². The third kappa shape index (κ3) is 5.83. The quantitative estimate of drug-likeness (QED) is 0.157. The lowest BCUT2D eigenvalue weighted by atomic mass is 10.3. The Kier molecular flexibility index (Phi) is 6.68. The first-order chi connectivity index (χ1) is 8.36. The molecule has 0 unspecified atom stereocenters. The molecule has 0 aliphatic heterocycles. The zero-order chi connectivity index (χ0) is 12.3. The molecule has 0 atom stereocenters. The summed E-state index contributed by atoms with van der Waals surface area (Å²) >= 11 is 0. The minimum atomic E-state index is 0.569. The van der Waals surface area contributed by atoms with Gasteiger partial charge in [-0.25, -0.2) is 10.8 Å². The molecule has 1 heterocycles. The topological polar surface area (TPSA) is 113 Å². The average Bonchev–Trinajstić information content (AvgIpc) is 2.85. The molecule has 1 aromatic heterocycles. The Balaban J connectivity index is 2.16. The highest BCUT2D eigenvalue weighted by Crippen LogP contribution is 1.93. The number of aromatic amines is 1. The number of H-pyrrole nitrogens is 1. The van der Waals surface area contributed by atoms with Gasteiger partial charge in [0.25, 0.3) is 0 Å². The first-order valence-electron chi connectivity index (χ1n) is 5.45. The molecule has 1 rings (SSSR count). The first kappa shape index (κ1) is 13.4. The molecule has 0 aliphatic carbocycles. The summed E-state index contributed by atoms with van der Waals surface area (Å²) in [6.07, 6.45) is 3.20. The number of aliphatic imine (C=N–C) groups is 1. The molecule has 5 N–H and O–H groups in total. The molecular formula is C9H19N7O. The zero-order valence-corrected chi connectivity index (χ0v) is 9.94. The van der Waals surface area contributed by atoms with Gasteiger partial charge < -0.3 is 10.1 Å². The van der Waals surface area contributed by atoms with E-state index >= 15 is 0 Å². The number of guanidine groups is 1. The van der Waals surface area contributed by atoms with Gasteiger partial charge in [-0.05, 0) is 6.42 Å². The highest BCUT2D eigenvalue weighted by Gasteiger charge is 1.96. The van der Waals surface area contributed by atoms with Crippen LogP contribution in [0.2, 0.25) is 0 Å². The molecule has 96 valence electrons. The van der Waals surface area contributed by atoms with E-state index in [1.165, 1.54) is 6.33 Å². The fourth-order valence-corrected chi connectivity index (χ4v) is 1.21. The number of nitrogens with two attached hydrogens (primary N) is 1. The Morgan fingerprint density at radius 2 is 2.53 bits per heavy atom. The normalized spacial score (nSPS) is 11.5. The third-order valence-corrected chi connectivity index (χ3v) is 2.04. The van der Waals surface area contributed by atoms with Crippen molar-refractivity contribution < 1.29 is 4.74 Å². The number of aryl methyl sites for hydroxylation is 1. The van der Waals surface area contributed by atoms with Gasteiger partial charge in [-0.15, -0.1) is 0 Å². The first-order valence-corrected chi connectivity index (χ1v) is 5.45. The van der Waals surface area contributed by atoms with Crippen LogP contribution in [0, 0.1) is 0 Å². The van der Waals surface area contributed by atoms with Crippen molar-refractivity contribution in [2.45, 2.75) is 12.8 Å². The lowest BCUT2D eigenvalue weighted by Crippen LogP contribution is -2.42. The standard InChI is InChI=1S/C9H19N7O/c1-17-6-5-12-9(15-10)11-4-2-3-8-13-7-14-16-8/h7H,2-6,10H2,1H3,(H2,11,12,15)(H,13,14,16). The second-order valence-electron chi connectivity index (χ2n) is 3.33. The monoisotopic (exact) mass is 241 g/mol. The average molecular weight is 241 g/mol. The number of hydrogen-bond donors (Lipinski definition) is 4. The van der Waals surface area contributed by atoms with E-state index in [1.807, 2.05) is 0 Å². The van der Waals surface area contributed by atoms with Gasteiger partial charge in [0.15, 0.2) is 0 Å². The second kappa shape index (κ2) is 8.48. The Morgan fingerprint density at radius 1 is 1.65 bits per heavy atom. The molecule has 8 nitrogen and oxygen atoms in total. The SMILES string of the molecule is COCCNC(=NCCCc1ncn[nH]1)NN. The van der Waals surface area contributed by atoms with Gasteiger partial charge in [-0.2, -0.15) is 5.10 Å². The molecule has 0 radical (unpaired) electrons. The van der Waals surface area contributed by atoms with E-state index in [4.69, 9.17) is 10.6 Å². The van der Waals surface area contributed by atoms with E-state index < -0.39 is 0 Å². The smallest absolute Gasteiger partial charge is 0.205 e. The number of aromatic nitrogens is 3. The summed E-state index contributed by atoms with van der Waals surface area (Å²) in [5.74, 6) is 6.76. The van der Waals surface area contributed by atoms with Crippen LogP contribution in [0.5, 0.6) is 0 Å². The molecule has 1 aromatic rings. The van der Waals surface area contributed by atoms with Crippen molar-refractivity contribution in [2.24, 2.45) is 10.8 Å². The summed E-state index contributed by atoms with van der Waals surface area (Å²) in [5.41, 5.74) is 2.50. The van der Waals surface area contributed by atoms with Gasteiger partial charge in [0, 0.05) is 26.6 Å². The summed E-state index contributed by atoms with van der Waals surface area (Å²) in [7, 11) is 1.64. The Hall–Kier alpha value is -1.67. The fraction of sp³-hybridized carbons (Fsp3) is 0.667. The number of methoxy groups -OCH3 is 1. The molecule has 0 saturated heterocycles. The predicted molar refractivity (Wildman–Crippen MR) is 64.2 cm³/mol. The van der Waals surface area contributed by atoms with Crippen molar-refractivity contribution in [3.8, 4) is 0 Å². The summed E-state index contributed by atoms with van der Waals surface area (Å²) in [4.78, 5) is 8.29. The third-order valence-electron chi connectivity index (χ3n) is 2.04. The summed E-state index contributed by atoms with van der Waals surface area (Å²) in [6, 6.07) is 0. The molecule has 17 heavy (non-hydrogen) atoms. The Bertz CT molecular complexity index is 311. The molecule has 0 spiro atoms. The van der Waals surface area contributed by atoms with E-state index in [1.54, 1.807) is 7.11 Å². The van der Waals surface area contributed by atoms with Gasteiger partial charge >= 0.3 is 0 Å². The second-order valence-corrected chi connectivity index (χ2v) is 3.33. The number of nitrogens with one attached hydrogen (secondary N) is 3. The highest BCUT2D eigenvalue weighted by atomic mass is 16.5. The van der Waals surface area contributed by atoms with Crippen LogP contribution < -0.4 is 16.6 Å². The summed E-state index contributed by atoms with van der Waals surface area (Å²) < 4.78 is 4.91. The van der Waals surface area contributed by atoms with Gasteiger partial charge in [0.2, 0.25) is 5.96 Å². The van der Waals surface area contributed by atoms with Crippen LogP contribution in [0.15, 0.2) is 11.3 Å². The number of ether oxygens (including phenoxy) is 1. The fourth-order valence-electron chi connectivity index (χ4n) is 1.21. The van der Waals surface area contributed by atoms with Gasteiger partial charge in [-0.1, -0.05) is 0 Å². The zero-order valence-electron chi connectivity index (χ0n) is 9.94. The van der Waals surface area contributed by atoms with Crippen molar-refractivity contribution in [3.63, 3.8) is 0 Å². The lowest BCUT2D eigenvalue weighted by molar-refractivity contribution is 0.203. The largest absolute Gasteiger partial charge is 0.383 e. The van der Waals surface area contributed by atoms with Crippen LogP contribution in [0.25, 0.3) is 0 Å². The van der Waals surface area contributed by atoms with Crippen LogP contribution in [0.1, 0.15) is 12.2 Å². The highest BCUT2D eigenvalue weighted by molar-refractivity contribution is 5.79. The minimum absolute atomic E-state index is 0.569. The van der Waals surface area contributed by atoms with Gasteiger partial charge in [-0.3, -0.25) is 15.5 Å². The molecule has 8 heteroatoms. The number of hydrazine groups is 1. The van der Waals surface area contributed by atoms with Crippen LogP contribution in [-0.2, 0) is 11.2 Å². The van der Waals surface area contributed by atoms with Crippen molar-refractivity contribution >= 4 is 5.96 Å². The van der Waals surface area contributed by atoms with Gasteiger partial charge in [0.05, 0.1) is 6.61 Å². The maximum Gasteiger partial charge on any atom is 0.205 e. The van der Waals surface area contributed by atoms with Crippen LogP contribution >= 0.6 is 0 Å². The molecule has 0 amide bonds. The number of hydrogen-bond acceptors (Lipinski definition) is 5. The van der Waals surface area contributed by atoms with E-state index in [2.05, 4.69) is 30.9 Å². The minimum Gasteiger partial charge on any atom is -0.383 e. The molecule has 0 saturated carbocycles. The van der Waals surface area contributed by atoms with Gasteiger partial charge in [0.1, 0.15) is 12.2 Å².